The number of carbonyl (C=O) groups is 3. The minimum Gasteiger partial charge on any atom is -0.497 e. The molecule has 528 valence electrons. The van der Waals surface area contributed by atoms with Crippen LogP contribution in [-0.4, -0.2) is 154 Å². The number of methoxy groups -OCH3 is 3. The maximum absolute atomic E-state index is 12.3. The molecule has 1 unspecified atom stereocenters. The van der Waals surface area contributed by atoms with E-state index in [1.165, 1.54) is 16.7 Å². The van der Waals surface area contributed by atoms with Crippen molar-refractivity contribution in [2.24, 2.45) is 0 Å². The highest BCUT2D eigenvalue weighted by molar-refractivity contribution is 5.70. The van der Waals surface area contributed by atoms with E-state index in [0.717, 1.165) is 167 Å². The summed E-state index contributed by atoms with van der Waals surface area (Å²) in [5, 5.41) is 0. The monoisotopic (exact) mass is 1320 g/mol. The quantitative estimate of drug-likeness (QED) is 0.0203. The molecule has 0 saturated heterocycles. The highest BCUT2D eigenvalue weighted by atomic mass is 16.6. The number of unbranched alkanes of at least 4 members (excludes halogenated alkanes) is 9. The van der Waals surface area contributed by atoms with Crippen LogP contribution in [-0.2, 0) is 67.1 Å². The minimum absolute atomic E-state index is 0.135. The molecule has 3 atom stereocenters. The molecule has 15 nitrogen and oxygen atoms in total. The average molecular weight is 1320 g/mol. The Morgan fingerprint density at radius 3 is 0.802 bits per heavy atom. The van der Waals surface area contributed by atoms with E-state index >= 15 is 0 Å². The number of benzene rings is 6. The molecule has 0 fully saturated rings. The number of para-hydroxylation sites is 3. The zero-order chi connectivity index (χ0) is 69.6. The van der Waals surface area contributed by atoms with E-state index in [1.54, 1.807) is 21.3 Å². The normalized spacial score (nSPS) is 11.9. The lowest BCUT2D eigenvalue weighted by atomic mass is 10.0. The Labute approximate surface area is 577 Å². The Morgan fingerprint density at radius 1 is 0.323 bits per heavy atom. The summed E-state index contributed by atoms with van der Waals surface area (Å²) in [5.41, 5.74) is 7.21. The van der Waals surface area contributed by atoms with Gasteiger partial charge in [0.15, 0.2) is 0 Å². The van der Waals surface area contributed by atoms with E-state index in [4.69, 9.17) is 42.6 Å². The smallest absolute Gasteiger partial charge is 0.306 e. The number of hydrogen-bond donors (Lipinski definition) is 0. The molecule has 0 aliphatic rings. The van der Waals surface area contributed by atoms with Crippen LogP contribution in [0.25, 0.3) is 0 Å². The molecule has 0 aliphatic heterocycles. The van der Waals surface area contributed by atoms with Gasteiger partial charge in [0.05, 0.1) is 21.3 Å². The van der Waals surface area contributed by atoms with Crippen molar-refractivity contribution in [1.82, 2.24) is 14.7 Å². The molecule has 0 aliphatic carbocycles. The molecule has 0 N–H and O–H groups in total. The molecule has 6 aromatic carbocycles. The Kier molecular flexibility index (Phi) is 41.3. The van der Waals surface area contributed by atoms with E-state index in [-0.39, 0.29) is 36.2 Å². The second-order valence-corrected chi connectivity index (χ2v) is 25.4. The summed E-state index contributed by atoms with van der Waals surface area (Å²) in [6.07, 6.45) is 18.7. The molecule has 0 radical (unpaired) electrons. The molecule has 0 saturated carbocycles. The predicted molar refractivity (Wildman–Crippen MR) is 389 cm³/mol. The van der Waals surface area contributed by atoms with Crippen LogP contribution in [0.15, 0.2) is 146 Å². The predicted octanol–water partition coefficient (Wildman–Crippen LogP) is 15.9. The molecular formula is C81H117N3O12. The van der Waals surface area contributed by atoms with Crippen LogP contribution >= 0.6 is 0 Å². The summed E-state index contributed by atoms with van der Waals surface area (Å²) >= 11 is 0. The third-order valence-corrected chi connectivity index (χ3v) is 16.0. The van der Waals surface area contributed by atoms with E-state index < -0.39 is 0 Å². The third kappa shape index (κ3) is 35.4. The number of hydrogen-bond acceptors (Lipinski definition) is 15. The first-order chi connectivity index (χ1) is 46.5. The van der Waals surface area contributed by atoms with Crippen LogP contribution in [0, 0.1) is 0 Å². The van der Waals surface area contributed by atoms with Crippen molar-refractivity contribution in [2.45, 2.75) is 174 Å². The second kappa shape index (κ2) is 49.0. The van der Waals surface area contributed by atoms with Gasteiger partial charge in [0, 0.05) is 38.9 Å². The van der Waals surface area contributed by atoms with Crippen molar-refractivity contribution < 1.29 is 57.0 Å². The lowest BCUT2D eigenvalue weighted by Gasteiger charge is -2.22. The van der Waals surface area contributed by atoms with E-state index in [1.807, 2.05) is 148 Å². The first-order valence-corrected chi connectivity index (χ1v) is 35.1. The summed E-state index contributed by atoms with van der Waals surface area (Å²) in [6, 6.07) is 48.8. The number of esters is 3. The van der Waals surface area contributed by atoms with Gasteiger partial charge in [0.25, 0.3) is 0 Å². The van der Waals surface area contributed by atoms with Crippen LogP contribution in [0.1, 0.15) is 150 Å². The molecule has 6 aromatic rings. The van der Waals surface area contributed by atoms with Gasteiger partial charge in [-0.05, 0) is 188 Å². The lowest BCUT2D eigenvalue weighted by molar-refractivity contribution is -0.152. The number of ether oxygens (including phenoxy) is 9. The standard InChI is InChI=1S/3C27H39NO4/c3*1-5-6-7-8-13-27(29)32-25(20-28(2)3)21-31-26-12-10-9-11-23(26)17-14-22-15-18-24(30-4)19-16-22/h3*9-12,15-16,18-19,25H,5-8,13-14,17,20-21H2,1-4H3/t2*25-;/m10./s1. The zero-order valence-corrected chi connectivity index (χ0v) is 60.4. The largest absolute Gasteiger partial charge is 0.497 e. The summed E-state index contributed by atoms with van der Waals surface area (Å²) in [6.45, 7) is 9.43. The van der Waals surface area contributed by atoms with Gasteiger partial charge in [0.2, 0.25) is 0 Å². The Bertz CT molecular complexity index is 2690. The molecule has 0 bridgehead atoms. The molecule has 6 rings (SSSR count). The van der Waals surface area contributed by atoms with Crippen molar-refractivity contribution in [3.05, 3.63) is 179 Å². The van der Waals surface area contributed by atoms with Gasteiger partial charge in [-0.1, -0.05) is 170 Å². The first-order valence-electron chi connectivity index (χ1n) is 35.1. The van der Waals surface area contributed by atoms with Crippen molar-refractivity contribution in [1.29, 1.82) is 0 Å². The van der Waals surface area contributed by atoms with Crippen molar-refractivity contribution in [3.8, 4) is 34.5 Å². The fraction of sp³-hybridized carbons (Fsp3) is 0.519. The van der Waals surface area contributed by atoms with Gasteiger partial charge in [-0.3, -0.25) is 14.4 Å². The summed E-state index contributed by atoms with van der Waals surface area (Å²) in [7, 11) is 16.9. The van der Waals surface area contributed by atoms with Crippen LogP contribution < -0.4 is 28.4 Å². The maximum Gasteiger partial charge on any atom is 0.306 e. The van der Waals surface area contributed by atoms with Crippen LogP contribution in [0.3, 0.4) is 0 Å². The van der Waals surface area contributed by atoms with Gasteiger partial charge >= 0.3 is 17.9 Å². The fourth-order valence-corrected chi connectivity index (χ4v) is 10.7. The van der Waals surface area contributed by atoms with Gasteiger partial charge < -0.3 is 57.3 Å². The Balaban J connectivity index is 0.000000306. The second-order valence-electron chi connectivity index (χ2n) is 25.4. The van der Waals surface area contributed by atoms with E-state index in [9.17, 15) is 14.4 Å². The topological polar surface area (TPSA) is 144 Å². The first kappa shape index (κ1) is 80.8. The van der Waals surface area contributed by atoms with Crippen LogP contribution in [0.4, 0.5) is 0 Å². The number of aryl methyl sites for hydroxylation is 6. The zero-order valence-electron chi connectivity index (χ0n) is 60.4. The summed E-state index contributed by atoms with van der Waals surface area (Å²) < 4.78 is 51.3. The van der Waals surface area contributed by atoms with Gasteiger partial charge in [0.1, 0.15) is 72.6 Å². The number of likely N-dealkylation sites (N-methyl/N-ethyl adjacent to an activating group) is 3. The molecule has 0 amide bonds. The SMILES string of the molecule is CCCCCCC(=O)OC(COc1ccccc1CCc1ccc(OC)cc1)CN(C)C.CCCCCCC(=O)O[C@@H](COc1ccccc1CCc1ccc(OC)cc1)CN(C)C.CCCCCCC(=O)O[C@H](COc1ccccc1CCc1ccc(OC)cc1)CN(C)C. The van der Waals surface area contributed by atoms with Crippen LogP contribution in [0.2, 0.25) is 0 Å². The highest BCUT2D eigenvalue weighted by Crippen LogP contribution is 2.26. The molecular weight excluding hydrogens is 1210 g/mol. The number of nitrogens with zero attached hydrogens (tertiary/aromatic N) is 3. The summed E-state index contributed by atoms with van der Waals surface area (Å²) in [4.78, 5) is 42.9. The molecule has 96 heavy (non-hydrogen) atoms. The fourth-order valence-electron chi connectivity index (χ4n) is 10.7. The van der Waals surface area contributed by atoms with Gasteiger partial charge in [-0.2, -0.15) is 0 Å². The molecule has 0 spiro atoms. The van der Waals surface area contributed by atoms with E-state index in [2.05, 4.69) is 75.4 Å². The number of carbonyl (C=O) groups excluding carboxylic acids is 3. The molecule has 0 aromatic heterocycles. The molecule has 15 heteroatoms. The molecule has 0 heterocycles. The Morgan fingerprint density at radius 2 is 0.573 bits per heavy atom. The summed E-state index contributed by atoms with van der Waals surface area (Å²) in [5.74, 6) is 4.74. The average Bonchev–Trinajstić information content (AvgIpc) is 1.36. The maximum atomic E-state index is 12.3. The third-order valence-electron chi connectivity index (χ3n) is 16.0. The highest BCUT2D eigenvalue weighted by Gasteiger charge is 2.21. The van der Waals surface area contributed by atoms with Gasteiger partial charge in [-0.15, -0.1) is 0 Å². The van der Waals surface area contributed by atoms with Gasteiger partial charge in [-0.25, -0.2) is 0 Å². The van der Waals surface area contributed by atoms with Crippen LogP contribution in [0.5, 0.6) is 34.5 Å². The number of rotatable bonds is 45. The van der Waals surface area contributed by atoms with Crippen molar-refractivity contribution in [3.63, 3.8) is 0 Å². The minimum atomic E-state index is -0.293. The van der Waals surface area contributed by atoms with E-state index in [0.29, 0.717) is 58.7 Å². The van der Waals surface area contributed by atoms with Crippen molar-refractivity contribution >= 4 is 17.9 Å². The lowest BCUT2D eigenvalue weighted by Crippen LogP contribution is -2.35. The Hall–Kier alpha value is -7.59. The van der Waals surface area contributed by atoms with Crippen molar-refractivity contribution in [2.75, 3.05) is 103 Å².